The second-order valence-corrected chi connectivity index (χ2v) is 5.81. The Morgan fingerprint density at radius 2 is 1.95 bits per heavy atom. The maximum Gasteiger partial charge on any atom is 0.221 e. The molecule has 0 radical (unpaired) electrons. The molecule has 1 fully saturated rings. The van der Waals surface area contributed by atoms with Crippen molar-refractivity contribution in [3.63, 3.8) is 0 Å². The summed E-state index contributed by atoms with van der Waals surface area (Å²) in [5, 5.41) is 3.00. The van der Waals surface area contributed by atoms with Crippen LogP contribution >= 0.6 is 0 Å². The lowest BCUT2D eigenvalue weighted by Crippen LogP contribution is -2.45. The van der Waals surface area contributed by atoms with Crippen LogP contribution in [0, 0.1) is 0 Å². The Hall–Kier alpha value is -1.59. The Morgan fingerprint density at radius 3 is 2.68 bits per heavy atom. The Morgan fingerprint density at radius 1 is 1.23 bits per heavy atom. The predicted molar refractivity (Wildman–Crippen MR) is 88.3 cm³/mol. The highest BCUT2D eigenvalue weighted by atomic mass is 16.5. The van der Waals surface area contributed by atoms with E-state index in [1.165, 1.54) is 0 Å². The maximum absolute atomic E-state index is 11.9. The monoisotopic (exact) mass is 305 g/mol. The lowest BCUT2D eigenvalue weighted by Gasteiger charge is -2.32. The molecular weight excluding hydrogens is 278 g/mol. The van der Waals surface area contributed by atoms with Gasteiger partial charge in [-0.1, -0.05) is 18.2 Å². The number of carbonyl (C=O) groups excluding carboxylic acids is 1. The van der Waals surface area contributed by atoms with Crippen molar-refractivity contribution in [2.24, 2.45) is 0 Å². The number of rotatable bonds is 7. The SMILES string of the molecule is COc1ccccc1CCNC(=O)CCN1CCN(C)CC1. The molecule has 0 spiro atoms. The van der Waals surface area contributed by atoms with Gasteiger partial charge in [-0.3, -0.25) is 4.79 Å². The van der Waals surface area contributed by atoms with Crippen molar-refractivity contribution in [2.45, 2.75) is 12.8 Å². The van der Waals surface area contributed by atoms with E-state index < -0.39 is 0 Å². The summed E-state index contributed by atoms with van der Waals surface area (Å²) >= 11 is 0. The van der Waals surface area contributed by atoms with Crippen LogP contribution in [0.1, 0.15) is 12.0 Å². The van der Waals surface area contributed by atoms with Gasteiger partial charge in [-0.05, 0) is 25.1 Å². The first-order chi connectivity index (χ1) is 10.7. The van der Waals surface area contributed by atoms with Crippen molar-refractivity contribution >= 4 is 5.91 Å². The first-order valence-electron chi connectivity index (χ1n) is 7.98. The van der Waals surface area contributed by atoms with E-state index in [0.29, 0.717) is 13.0 Å². The fourth-order valence-corrected chi connectivity index (χ4v) is 2.67. The summed E-state index contributed by atoms with van der Waals surface area (Å²) in [6.07, 6.45) is 1.37. The Kier molecular flexibility index (Phi) is 6.68. The van der Waals surface area contributed by atoms with E-state index in [1.807, 2.05) is 24.3 Å². The van der Waals surface area contributed by atoms with E-state index in [2.05, 4.69) is 22.2 Å². The normalized spacial score (nSPS) is 16.5. The summed E-state index contributed by atoms with van der Waals surface area (Å²) in [4.78, 5) is 16.6. The van der Waals surface area contributed by atoms with E-state index in [1.54, 1.807) is 7.11 Å². The molecule has 1 amide bonds. The van der Waals surface area contributed by atoms with Crippen LogP contribution in [-0.4, -0.2) is 69.1 Å². The van der Waals surface area contributed by atoms with Crippen LogP contribution in [0.2, 0.25) is 0 Å². The van der Waals surface area contributed by atoms with Crippen molar-refractivity contribution in [3.05, 3.63) is 29.8 Å². The first-order valence-corrected chi connectivity index (χ1v) is 7.98. The molecule has 0 saturated carbocycles. The Balaban J connectivity index is 1.63. The van der Waals surface area contributed by atoms with Crippen molar-refractivity contribution in [2.75, 3.05) is 53.4 Å². The second kappa shape index (κ2) is 8.76. The standard InChI is InChI=1S/C17H27N3O2/c1-19-11-13-20(14-12-19)10-8-17(21)18-9-7-15-5-3-4-6-16(15)22-2/h3-6H,7-14H2,1-2H3,(H,18,21). The third-order valence-corrected chi connectivity index (χ3v) is 4.16. The highest BCUT2D eigenvalue weighted by Crippen LogP contribution is 2.17. The molecule has 1 aliphatic heterocycles. The number of carbonyl (C=O) groups is 1. The van der Waals surface area contributed by atoms with Crippen LogP contribution in [-0.2, 0) is 11.2 Å². The molecule has 1 aromatic carbocycles. The summed E-state index contributed by atoms with van der Waals surface area (Å²) in [5.41, 5.74) is 1.13. The lowest BCUT2D eigenvalue weighted by atomic mass is 10.1. The number of nitrogens with zero attached hydrogens (tertiary/aromatic N) is 2. The molecule has 0 unspecified atom stereocenters. The summed E-state index contributed by atoms with van der Waals surface area (Å²) < 4.78 is 5.32. The lowest BCUT2D eigenvalue weighted by molar-refractivity contribution is -0.121. The zero-order valence-corrected chi connectivity index (χ0v) is 13.7. The molecule has 0 bridgehead atoms. The molecule has 0 atom stereocenters. The van der Waals surface area contributed by atoms with Crippen molar-refractivity contribution < 1.29 is 9.53 Å². The van der Waals surface area contributed by atoms with Gasteiger partial charge in [0.25, 0.3) is 0 Å². The minimum atomic E-state index is 0.133. The number of nitrogens with one attached hydrogen (secondary N) is 1. The average Bonchev–Trinajstić information content (AvgIpc) is 2.55. The second-order valence-electron chi connectivity index (χ2n) is 5.81. The van der Waals surface area contributed by atoms with Gasteiger partial charge in [0.1, 0.15) is 5.75 Å². The van der Waals surface area contributed by atoms with Gasteiger partial charge in [-0.15, -0.1) is 0 Å². The average molecular weight is 305 g/mol. The van der Waals surface area contributed by atoms with Crippen molar-refractivity contribution in [3.8, 4) is 5.75 Å². The Labute approximate surface area is 133 Å². The minimum Gasteiger partial charge on any atom is -0.496 e. The first kappa shape index (κ1) is 16.8. The van der Waals surface area contributed by atoms with Crippen LogP contribution in [0.4, 0.5) is 0 Å². The van der Waals surface area contributed by atoms with Crippen LogP contribution < -0.4 is 10.1 Å². The highest BCUT2D eigenvalue weighted by Gasteiger charge is 2.14. The van der Waals surface area contributed by atoms with Gasteiger partial charge in [0, 0.05) is 45.7 Å². The summed E-state index contributed by atoms with van der Waals surface area (Å²) in [7, 11) is 3.81. The zero-order valence-electron chi connectivity index (χ0n) is 13.7. The van der Waals surface area contributed by atoms with Crippen LogP contribution in [0.5, 0.6) is 5.75 Å². The third-order valence-electron chi connectivity index (χ3n) is 4.16. The summed E-state index contributed by atoms with van der Waals surface area (Å²) in [6.45, 7) is 5.82. The van der Waals surface area contributed by atoms with Crippen molar-refractivity contribution in [1.82, 2.24) is 15.1 Å². The molecule has 1 N–H and O–H groups in total. The van der Waals surface area contributed by atoms with Crippen LogP contribution in [0.15, 0.2) is 24.3 Å². The van der Waals surface area contributed by atoms with Gasteiger partial charge in [0.15, 0.2) is 0 Å². The molecule has 1 aliphatic rings. The smallest absolute Gasteiger partial charge is 0.221 e. The number of benzene rings is 1. The molecule has 2 rings (SSSR count). The van der Waals surface area contributed by atoms with Gasteiger partial charge in [0.05, 0.1) is 7.11 Å². The molecule has 0 aromatic heterocycles. The molecule has 1 saturated heterocycles. The number of piperazine rings is 1. The van der Waals surface area contributed by atoms with Gasteiger partial charge in [0.2, 0.25) is 5.91 Å². The quantitative estimate of drug-likeness (QED) is 0.816. The van der Waals surface area contributed by atoms with E-state index in [4.69, 9.17) is 4.74 Å². The predicted octanol–water partition coefficient (Wildman–Crippen LogP) is 0.991. The number of hydrogen-bond acceptors (Lipinski definition) is 4. The minimum absolute atomic E-state index is 0.133. The number of likely N-dealkylation sites (N-methyl/N-ethyl adjacent to an activating group) is 1. The van der Waals surface area contributed by atoms with Crippen molar-refractivity contribution in [1.29, 1.82) is 0 Å². The molecule has 5 heteroatoms. The van der Waals surface area contributed by atoms with E-state index in [0.717, 1.165) is 50.5 Å². The van der Waals surface area contributed by atoms with Gasteiger partial charge in [-0.25, -0.2) is 0 Å². The Bertz CT molecular complexity index is 471. The van der Waals surface area contributed by atoms with E-state index >= 15 is 0 Å². The van der Waals surface area contributed by atoms with Crippen LogP contribution in [0.25, 0.3) is 0 Å². The van der Waals surface area contributed by atoms with Gasteiger partial charge in [-0.2, -0.15) is 0 Å². The fourth-order valence-electron chi connectivity index (χ4n) is 2.67. The maximum atomic E-state index is 11.9. The molecule has 1 aromatic rings. The third kappa shape index (κ3) is 5.31. The summed E-state index contributed by atoms with van der Waals surface area (Å²) in [5.74, 6) is 1.02. The van der Waals surface area contributed by atoms with Crippen LogP contribution in [0.3, 0.4) is 0 Å². The number of ether oxygens (including phenoxy) is 1. The van der Waals surface area contributed by atoms with Gasteiger partial charge >= 0.3 is 0 Å². The number of methoxy groups -OCH3 is 1. The molecule has 1 heterocycles. The number of amides is 1. The van der Waals surface area contributed by atoms with Gasteiger partial charge < -0.3 is 19.9 Å². The summed E-state index contributed by atoms with van der Waals surface area (Å²) in [6, 6.07) is 7.93. The molecular formula is C17H27N3O2. The molecule has 122 valence electrons. The highest BCUT2D eigenvalue weighted by molar-refractivity contribution is 5.76. The topological polar surface area (TPSA) is 44.8 Å². The fraction of sp³-hybridized carbons (Fsp3) is 0.588. The molecule has 0 aliphatic carbocycles. The largest absolute Gasteiger partial charge is 0.496 e. The number of hydrogen-bond donors (Lipinski definition) is 1. The zero-order chi connectivity index (χ0) is 15.8. The van der Waals surface area contributed by atoms with E-state index in [-0.39, 0.29) is 5.91 Å². The molecule has 22 heavy (non-hydrogen) atoms. The number of para-hydroxylation sites is 1. The molecule has 5 nitrogen and oxygen atoms in total. The van der Waals surface area contributed by atoms with E-state index in [9.17, 15) is 4.79 Å².